The van der Waals surface area contributed by atoms with Crippen LogP contribution in [0.5, 0.6) is 0 Å². The van der Waals surface area contributed by atoms with E-state index in [0.717, 1.165) is 12.8 Å². The highest BCUT2D eigenvalue weighted by Crippen LogP contribution is 2.35. The highest BCUT2D eigenvalue weighted by atomic mass is 16.6. The first-order valence-electron chi connectivity index (χ1n) is 7.25. The molecule has 1 unspecified atom stereocenters. The molecule has 0 aliphatic heterocycles. The smallest absolute Gasteiger partial charge is 0.270 e. The van der Waals surface area contributed by atoms with Crippen LogP contribution in [0.2, 0.25) is 0 Å². The van der Waals surface area contributed by atoms with Gasteiger partial charge in [0.15, 0.2) is 0 Å². The second-order valence-corrected chi connectivity index (χ2v) is 5.51. The van der Waals surface area contributed by atoms with E-state index in [9.17, 15) is 14.9 Å². The number of nitro groups is 1. The second kappa shape index (κ2) is 6.11. The Morgan fingerprint density at radius 2 is 2.19 bits per heavy atom. The highest BCUT2D eigenvalue weighted by Gasteiger charge is 2.33. The first kappa shape index (κ1) is 15.3. The number of nitro benzene ring substituents is 1. The van der Waals surface area contributed by atoms with Gasteiger partial charge in [-0.3, -0.25) is 14.9 Å². The second-order valence-electron chi connectivity index (χ2n) is 5.51. The Bertz CT molecular complexity index is 555. The largest absolute Gasteiger partial charge is 0.385 e. The molecule has 1 atom stereocenters. The van der Waals surface area contributed by atoms with Crippen LogP contribution in [-0.2, 0) is 0 Å². The molecular weight excluding hydrogens is 270 g/mol. The molecule has 1 amide bonds. The summed E-state index contributed by atoms with van der Waals surface area (Å²) >= 11 is 0. The molecule has 1 aromatic rings. The standard InChI is InChI=1S/C15H21N3O3/c1-4-16-14-8-7-12(18(20)21)9-13(14)15(19)17(3)10(2)11-5-6-11/h7-11,16H,4-6H2,1-3H3. The Hall–Kier alpha value is -2.11. The molecule has 0 heterocycles. The van der Waals surface area contributed by atoms with Crippen LogP contribution in [0.15, 0.2) is 18.2 Å². The molecule has 6 nitrogen and oxygen atoms in total. The average molecular weight is 291 g/mol. The van der Waals surface area contributed by atoms with Crippen molar-refractivity contribution in [1.29, 1.82) is 0 Å². The van der Waals surface area contributed by atoms with E-state index in [4.69, 9.17) is 0 Å². The molecule has 0 bridgehead atoms. The lowest BCUT2D eigenvalue weighted by atomic mass is 10.1. The predicted octanol–water partition coefficient (Wildman–Crippen LogP) is 2.90. The lowest BCUT2D eigenvalue weighted by molar-refractivity contribution is -0.384. The number of nitrogens with zero attached hydrogens (tertiary/aromatic N) is 2. The number of benzene rings is 1. The number of anilines is 1. The van der Waals surface area contributed by atoms with Crippen LogP contribution < -0.4 is 5.32 Å². The molecular formula is C15H21N3O3. The third-order valence-corrected chi connectivity index (χ3v) is 4.05. The van der Waals surface area contributed by atoms with E-state index in [-0.39, 0.29) is 17.6 Å². The summed E-state index contributed by atoms with van der Waals surface area (Å²) in [5.74, 6) is 0.384. The molecule has 114 valence electrons. The maximum absolute atomic E-state index is 12.7. The zero-order valence-electron chi connectivity index (χ0n) is 12.6. The van der Waals surface area contributed by atoms with Crippen molar-refractivity contribution in [2.24, 2.45) is 5.92 Å². The van der Waals surface area contributed by atoms with Crippen LogP contribution in [-0.4, -0.2) is 35.4 Å². The van der Waals surface area contributed by atoms with E-state index in [1.807, 2.05) is 13.8 Å². The number of rotatable bonds is 6. The fourth-order valence-electron chi connectivity index (χ4n) is 2.44. The van der Waals surface area contributed by atoms with Gasteiger partial charge in [-0.05, 0) is 38.7 Å². The third-order valence-electron chi connectivity index (χ3n) is 4.05. The molecule has 1 aliphatic rings. The normalized spacial score (nSPS) is 15.4. The SMILES string of the molecule is CCNc1ccc([N+](=O)[O-])cc1C(=O)N(C)C(C)C1CC1. The van der Waals surface area contributed by atoms with Gasteiger partial charge in [0.05, 0.1) is 10.5 Å². The number of hydrogen-bond donors (Lipinski definition) is 1. The molecule has 6 heteroatoms. The summed E-state index contributed by atoms with van der Waals surface area (Å²) in [6.07, 6.45) is 2.29. The van der Waals surface area contributed by atoms with Crippen molar-refractivity contribution in [1.82, 2.24) is 4.90 Å². The molecule has 1 aromatic carbocycles. The fourth-order valence-corrected chi connectivity index (χ4v) is 2.44. The predicted molar refractivity (Wildman–Crippen MR) is 81.5 cm³/mol. The first-order valence-corrected chi connectivity index (χ1v) is 7.25. The fraction of sp³-hybridized carbons (Fsp3) is 0.533. The molecule has 0 aromatic heterocycles. The van der Waals surface area contributed by atoms with Crippen LogP contribution in [0.3, 0.4) is 0 Å². The lowest BCUT2D eigenvalue weighted by Gasteiger charge is -2.26. The molecule has 1 saturated carbocycles. The van der Waals surface area contributed by atoms with E-state index in [1.165, 1.54) is 12.1 Å². The number of non-ortho nitro benzene ring substituents is 1. The minimum atomic E-state index is -0.475. The summed E-state index contributed by atoms with van der Waals surface area (Å²) in [5, 5.41) is 14.0. The van der Waals surface area contributed by atoms with Crippen LogP contribution in [0, 0.1) is 16.0 Å². The van der Waals surface area contributed by atoms with Crippen molar-refractivity contribution >= 4 is 17.3 Å². The Morgan fingerprint density at radius 1 is 1.52 bits per heavy atom. The van der Waals surface area contributed by atoms with Gasteiger partial charge in [-0.2, -0.15) is 0 Å². The molecule has 1 fully saturated rings. The monoisotopic (exact) mass is 291 g/mol. The lowest BCUT2D eigenvalue weighted by Crippen LogP contribution is -2.36. The Labute approximate surface area is 124 Å². The highest BCUT2D eigenvalue weighted by molar-refractivity contribution is 6.00. The minimum absolute atomic E-state index is 0.0625. The van der Waals surface area contributed by atoms with Crippen LogP contribution in [0.1, 0.15) is 37.0 Å². The van der Waals surface area contributed by atoms with Gasteiger partial charge in [0.2, 0.25) is 0 Å². The zero-order valence-corrected chi connectivity index (χ0v) is 12.6. The van der Waals surface area contributed by atoms with Crippen molar-refractivity contribution in [3.63, 3.8) is 0 Å². The van der Waals surface area contributed by atoms with Gasteiger partial charge in [-0.1, -0.05) is 0 Å². The van der Waals surface area contributed by atoms with Crippen molar-refractivity contribution < 1.29 is 9.72 Å². The van der Waals surface area contributed by atoms with Gasteiger partial charge in [0.25, 0.3) is 11.6 Å². The summed E-state index contributed by atoms with van der Waals surface area (Å²) < 4.78 is 0. The summed E-state index contributed by atoms with van der Waals surface area (Å²) in [7, 11) is 1.76. The van der Waals surface area contributed by atoms with Crippen LogP contribution in [0.4, 0.5) is 11.4 Å². The summed E-state index contributed by atoms with van der Waals surface area (Å²) in [4.78, 5) is 24.8. The van der Waals surface area contributed by atoms with Gasteiger partial charge in [0.1, 0.15) is 0 Å². The molecule has 1 N–H and O–H groups in total. The van der Waals surface area contributed by atoms with Gasteiger partial charge < -0.3 is 10.2 Å². The molecule has 0 saturated heterocycles. The van der Waals surface area contributed by atoms with Crippen molar-refractivity contribution in [3.05, 3.63) is 33.9 Å². The minimum Gasteiger partial charge on any atom is -0.385 e. The first-order chi connectivity index (χ1) is 9.95. The number of carbonyl (C=O) groups excluding carboxylic acids is 1. The topological polar surface area (TPSA) is 75.5 Å². The van der Waals surface area contributed by atoms with Crippen molar-refractivity contribution in [2.45, 2.75) is 32.7 Å². The molecule has 2 rings (SSSR count). The van der Waals surface area contributed by atoms with Crippen molar-refractivity contribution in [2.75, 3.05) is 18.9 Å². The maximum atomic E-state index is 12.7. The number of hydrogen-bond acceptors (Lipinski definition) is 4. The van der Waals surface area contributed by atoms with Crippen LogP contribution >= 0.6 is 0 Å². The third kappa shape index (κ3) is 3.32. The molecule has 0 radical (unpaired) electrons. The van der Waals surface area contributed by atoms with Gasteiger partial charge in [-0.15, -0.1) is 0 Å². The van der Waals surface area contributed by atoms with Gasteiger partial charge >= 0.3 is 0 Å². The molecule has 0 spiro atoms. The number of amides is 1. The van der Waals surface area contributed by atoms with E-state index in [2.05, 4.69) is 5.32 Å². The number of nitrogens with one attached hydrogen (secondary N) is 1. The summed E-state index contributed by atoms with van der Waals surface area (Å²) in [6.45, 7) is 4.60. The quantitative estimate of drug-likeness (QED) is 0.646. The summed E-state index contributed by atoms with van der Waals surface area (Å²) in [6, 6.07) is 4.53. The van der Waals surface area contributed by atoms with Crippen molar-refractivity contribution in [3.8, 4) is 0 Å². The van der Waals surface area contributed by atoms with E-state index < -0.39 is 4.92 Å². The Kier molecular flexibility index (Phi) is 4.45. The van der Waals surface area contributed by atoms with E-state index in [1.54, 1.807) is 18.0 Å². The van der Waals surface area contributed by atoms with Gasteiger partial charge in [-0.25, -0.2) is 0 Å². The van der Waals surface area contributed by atoms with E-state index >= 15 is 0 Å². The molecule has 21 heavy (non-hydrogen) atoms. The Morgan fingerprint density at radius 3 is 2.71 bits per heavy atom. The van der Waals surface area contributed by atoms with Gasteiger partial charge in [0, 0.05) is 37.5 Å². The van der Waals surface area contributed by atoms with Crippen LogP contribution in [0.25, 0.3) is 0 Å². The zero-order chi connectivity index (χ0) is 15.6. The summed E-state index contributed by atoms with van der Waals surface area (Å²) in [5.41, 5.74) is 0.941. The molecule has 1 aliphatic carbocycles. The Balaban J connectivity index is 2.31. The average Bonchev–Trinajstić information content (AvgIpc) is 3.30. The van der Waals surface area contributed by atoms with E-state index in [0.29, 0.717) is 23.7 Å². The number of carbonyl (C=O) groups is 1. The maximum Gasteiger partial charge on any atom is 0.270 e.